The van der Waals surface area contributed by atoms with Gasteiger partial charge in [-0.1, -0.05) is 46.3 Å². The van der Waals surface area contributed by atoms with Crippen molar-refractivity contribution in [3.8, 4) is 6.07 Å². The molecule has 2 aromatic carbocycles. The van der Waals surface area contributed by atoms with Gasteiger partial charge in [0.05, 0.1) is 35.7 Å². The number of amides is 1. The van der Waals surface area contributed by atoms with E-state index in [9.17, 15) is 13.2 Å². The van der Waals surface area contributed by atoms with E-state index in [4.69, 9.17) is 10.00 Å². The van der Waals surface area contributed by atoms with E-state index in [1.54, 1.807) is 0 Å². The van der Waals surface area contributed by atoms with E-state index in [0.29, 0.717) is 11.1 Å². The highest BCUT2D eigenvalue weighted by Crippen LogP contribution is 2.31. The molecule has 26 heavy (non-hydrogen) atoms. The molecule has 0 bridgehead atoms. The second-order valence-corrected chi connectivity index (χ2v) is 8.52. The first-order valence-corrected chi connectivity index (χ1v) is 10.1. The topological polar surface area (TPSA) is 96.3 Å². The lowest BCUT2D eigenvalue weighted by Crippen LogP contribution is -2.38. The second-order valence-electron chi connectivity index (χ2n) is 5.92. The van der Waals surface area contributed by atoms with Crippen LogP contribution in [-0.2, 0) is 19.6 Å². The van der Waals surface area contributed by atoms with Crippen molar-refractivity contribution in [1.82, 2.24) is 4.72 Å². The van der Waals surface area contributed by atoms with Crippen LogP contribution in [0.5, 0.6) is 0 Å². The number of benzene rings is 2. The van der Waals surface area contributed by atoms with Gasteiger partial charge in [0.2, 0.25) is 5.91 Å². The Kier molecular flexibility index (Phi) is 5.41. The molecule has 1 aliphatic heterocycles. The number of hydrogen-bond donors (Lipinski definition) is 1. The van der Waals surface area contributed by atoms with Gasteiger partial charge in [0.1, 0.15) is 0 Å². The standard InChI is InChI=1S/C18H15BrN2O4S/c19-14-6-12(9-20)7-15(8-14)26(23,24)21-18(22)17-11-25-10-16(17)13-4-2-1-3-5-13/h1-8,16-17H,10-11H2,(H,21,22). The second kappa shape index (κ2) is 7.58. The summed E-state index contributed by atoms with van der Waals surface area (Å²) in [6, 6.07) is 15.3. The molecule has 1 amide bonds. The normalized spacial score (nSPS) is 19.7. The molecule has 2 atom stereocenters. The summed E-state index contributed by atoms with van der Waals surface area (Å²) in [4.78, 5) is 12.5. The average Bonchev–Trinajstić information content (AvgIpc) is 3.11. The Labute approximate surface area is 160 Å². The molecular formula is C18H15BrN2O4S. The molecule has 1 heterocycles. The molecule has 8 heteroatoms. The summed E-state index contributed by atoms with van der Waals surface area (Å²) in [7, 11) is -4.09. The van der Waals surface area contributed by atoms with Crippen molar-refractivity contribution in [3.05, 3.63) is 64.1 Å². The number of nitrogens with zero attached hydrogens (tertiary/aromatic N) is 1. The molecule has 0 spiro atoms. The number of ether oxygens (including phenoxy) is 1. The summed E-state index contributed by atoms with van der Waals surface area (Å²) in [5.74, 6) is -1.42. The Morgan fingerprint density at radius 3 is 2.62 bits per heavy atom. The van der Waals surface area contributed by atoms with Gasteiger partial charge in [-0.3, -0.25) is 4.79 Å². The maximum Gasteiger partial charge on any atom is 0.264 e. The van der Waals surface area contributed by atoms with Crippen molar-refractivity contribution >= 4 is 31.9 Å². The summed E-state index contributed by atoms with van der Waals surface area (Å²) in [6.07, 6.45) is 0. The molecule has 0 saturated carbocycles. The third kappa shape index (κ3) is 3.96. The van der Waals surface area contributed by atoms with Crippen LogP contribution in [0.2, 0.25) is 0 Å². The van der Waals surface area contributed by atoms with Crippen molar-refractivity contribution in [3.63, 3.8) is 0 Å². The van der Waals surface area contributed by atoms with E-state index >= 15 is 0 Å². The minimum absolute atomic E-state index is 0.146. The van der Waals surface area contributed by atoms with E-state index in [0.717, 1.165) is 5.56 Å². The number of sulfonamides is 1. The Morgan fingerprint density at radius 2 is 1.92 bits per heavy atom. The highest BCUT2D eigenvalue weighted by atomic mass is 79.9. The van der Waals surface area contributed by atoms with Crippen LogP contribution in [0.3, 0.4) is 0 Å². The first-order valence-electron chi connectivity index (χ1n) is 7.81. The van der Waals surface area contributed by atoms with Crippen LogP contribution in [-0.4, -0.2) is 27.5 Å². The van der Waals surface area contributed by atoms with Gasteiger partial charge in [0.15, 0.2) is 0 Å². The highest BCUT2D eigenvalue weighted by molar-refractivity contribution is 9.10. The van der Waals surface area contributed by atoms with E-state index < -0.39 is 21.8 Å². The summed E-state index contributed by atoms with van der Waals surface area (Å²) < 4.78 is 33.1. The smallest absolute Gasteiger partial charge is 0.264 e. The summed E-state index contributed by atoms with van der Waals surface area (Å²) >= 11 is 3.17. The third-order valence-electron chi connectivity index (χ3n) is 4.19. The Morgan fingerprint density at radius 1 is 1.19 bits per heavy atom. The van der Waals surface area contributed by atoms with Crippen LogP contribution in [0.25, 0.3) is 0 Å². The van der Waals surface area contributed by atoms with Gasteiger partial charge < -0.3 is 4.74 Å². The SMILES string of the molecule is N#Cc1cc(Br)cc(S(=O)(=O)NC(=O)C2COCC2c2ccccc2)c1. The maximum absolute atomic E-state index is 12.6. The number of halogens is 1. The summed E-state index contributed by atoms with van der Waals surface area (Å²) in [5, 5.41) is 9.00. The van der Waals surface area contributed by atoms with Crippen molar-refractivity contribution < 1.29 is 17.9 Å². The Bertz CT molecular complexity index is 970. The van der Waals surface area contributed by atoms with Crippen molar-refractivity contribution in [2.75, 3.05) is 13.2 Å². The lowest BCUT2D eigenvalue weighted by Gasteiger charge is -2.17. The first kappa shape index (κ1) is 18.6. The third-order valence-corrected chi connectivity index (χ3v) is 5.97. The molecule has 0 aliphatic carbocycles. The molecule has 3 rings (SSSR count). The lowest BCUT2D eigenvalue weighted by molar-refractivity contribution is -0.123. The van der Waals surface area contributed by atoms with E-state index in [1.807, 2.05) is 36.4 Å². The summed E-state index contributed by atoms with van der Waals surface area (Å²) in [6.45, 7) is 0.514. The predicted molar refractivity (Wildman–Crippen MR) is 97.7 cm³/mol. The van der Waals surface area contributed by atoms with E-state index in [1.165, 1.54) is 18.2 Å². The molecule has 134 valence electrons. The first-order chi connectivity index (χ1) is 12.4. The number of carbonyl (C=O) groups excluding carboxylic acids is 1. The number of nitriles is 1. The molecule has 2 aromatic rings. The minimum atomic E-state index is -4.09. The molecule has 1 N–H and O–H groups in total. The zero-order valence-electron chi connectivity index (χ0n) is 13.6. The molecule has 0 aromatic heterocycles. The zero-order chi connectivity index (χ0) is 18.7. The van der Waals surface area contributed by atoms with Crippen LogP contribution in [0.15, 0.2) is 57.9 Å². The minimum Gasteiger partial charge on any atom is -0.380 e. The molecule has 6 nitrogen and oxygen atoms in total. The van der Waals surface area contributed by atoms with Gasteiger partial charge in [-0.2, -0.15) is 5.26 Å². The van der Waals surface area contributed by atoms with Crippen molar-refractivity contribution in [2.45, 2.75) is 10.8 Å². The number of rotatable bonds is 4. The van der Waals surface area contributed by atoms with Gasteiger partial charge in [0, 0.05) is 10.4 Å². The summed E-state index contributed by atoms with van der Waals surface area (Å²) in [5.41, 5.74) is 1.11. The van der Waals surface area contributed by atoms with Crippen LogP contribution < -0.4 is 4.72 Å². The fourth-order valence-corrected chi connectivity index (χ4v) is 4.63. The van der Waals surface area contributed by atoms with Crippen LogP contribution >= 0.6 is 15.9 Å². The van der Waals surface area contributed by atoms with Crippen molar-refractivity contribution in [2.24, 2.45) is 5.92 Å². The molecule has 0 radical (unpaired) electrons. The van der Waals surface area contributed by atoms with Crippen molar-refractivity contribution in [1.29, 1.82) is 5.26 Å². The Balaban J connectivity index is 1.83. The van der Waals surface area contributed by atoms with E-state index in [2.05, 4.69) is 20.7 Å². The zero-order valence-corrected chi connectivity index (χ0v) is 16.0. The average molecular weight is 435 g/mol. The van der Waals surface area contributed by atoms with Crippen LogP contribution in [0.1, 0.15) is 17.0 Å². The lowest BCUT2D eigenvalue weighted by atomic mass is 9.88. The van der Waals surface area contributed by atoms with Crippen LogP contribution in [0, 0.1) is 17.2 Å². The van der Waals surface area contributed by atoms with Gasteiger partial charge in [-0.15, -0.1) is 0 Å². The van der Waals surface area contributed by atoms with Gasteiger partial charge >= 0.3 is 0 Å². The number of nitrogens with one attached hydrogen (secondary N) is 1. The highest BCUT2D eigenvalue weighted by Gasteiger charge is 2.37. The Hall–Kier alpha value is -2.21. The van der Waals surface area contributed by atoms with Crippen LogP contribution in [0.4, 0.5) is 0 Å². The fraction of sp³-hybridized carbons (Fsp3) is 0.222. The quantitative estimate of drug-likeness (QED) is 0.797. The molecule has 1 fully saturated rings. The van der Waals surface area contributed by atoms with E-state index in [-0.39, 0.29) is 23.0 Å². The monoisotopic (exact) mass is 434 g/mol. The van der Waals surface area contributed by atoms with Gasteiger partial charge in [0.25, 0.3) is 10.0 Å². The largest absolute Gasteiger partial charge is 0.380 e. The van der Waals surface area contributed by atoms with Gasteiger partial charge in [-0.05, 0) is 23.8 Å². The van der Waals surface area contributed by atoms with Gasteiger partial charge in [-0.25, -0.2) is 13.1 Å². The molecular weight excluding hydrogens is 420 g/mol. The fourth-order valence-electron chi connectivity index (χ4n) is 2.89. The maximum atomic E-state index is 12.6. The molecule has 2 unspecified atom stereocenters. The molecule has 1 saturated heterocycles. The molecule has 1 aliphatic rings. The number of carbonyl (C=O) groups is 1. The number of hydrogen-bond acceptors (Lipinski definition) is 5. The predicted octanol–water partition coefficient (Wildman–Crippen LogP) is 2.56.